The SMILES string of the molecule is CC1(C)c2cc(Br)ccc2-c2ccc(C#N)cc21.CC1(C)c2cc(C#N)ccc2-c2ccc(-c3c4ccccc4c(-c4ccc5c(c4)C(C)(C)c4cc(C#N)ccc4-5)c4ccccc34)cc21.OB(O)c1c2ccccc2c(B(O)O)c2ccccc12. The molecular weight excluding hydrogens is 1120 g/mol. The van der Waals surface area contributed by atoms with Crippen molar-refractivity contribution in [2.75, 3.05) is 0 Å². The van der Waals surface area contributed by atoms with E-state index in [2.05, 4.69) is 209 Å². The van der Waals surface area contributed by atoms with E-state index in [9.17, 15) is 30.6 Å². The van der Waals surface area contributed by atoms with Crippen LogP contribution in [0.15, 0.2) is 211 Å². The number of benzene rings is 12. The number of nitrogens with zero attached hydrogens (tertiary/aromatic N) is 3. The van der Waals surface area contributed by atoms with Crippen molar-refractivity contribution in [3.8, 4) is 73.8 Å². The molecule has 7 nitrogen and oxygen atoms in total. The Morgan fingerprint density at radius 3 is 0.837 bits per heavy atom. The highest BCUT2D eigenvalue weighted by Gasteiger charge is 2.39. The third-order valence-electron chi connectivity index (χ3n) is 18.4. The van der Waals surface area contributed by atoms with Crippen LogP contribution in [0.25, 0.3) is 98.7 Å². The van der Waals surface area contributed by atoms with Gasteiger partial charge in [-0.3, -0.25) is 0 Å². The van der Waals surface area contributed by atoms with Gasteiger partial charge in [-0.1, -0.05) is 203 Å². The molecule has 12 aromatic carbocycles. The summed E-state index contributed by atoms with van der Waals surface area (Å²) in [5, 5.41) is 74.3. The molecule has 0 fully saturated rings. The smallest absolute Gasteiger partial charge is 0.423 e. The molecule has 0 amide bonds. The number of hydrogen-bond acceptors (Lipinski definition) is 7. The highest BCUT2D eigenvalue weighted by atomic mass is 79.9. The lowest BCUT2D eigenvalue weighted by atomic mass is 9.67. The molecule has 86 heavy (non-hydrogen) atoms. The highest BCUT2D eigenvalue weighted by Crippen LogP contribution is 2.54. The quantitative estimate of drug-likeness (QED) is 0.101. The van der Waals surface area contributed by atoms with E-state index < -0.39 is 14.2 Å². The van der Waals surface area contributed by atoms with Gasteiger partial charge in [0.15, 0.2) is 0 Å². The van der Waals surface area contributed by atoms with E-state index in [1.807, 2.05) is 24.3 Å². The molecule has 0 radical (unpaired) electrons. The Labute approximate surface area is 509 Å². The molecule has 3 aliphatic rings. The Morgan fingerprint density at radius 1 is 0.314 bits per heavy atom. The van der Waals surface area contributed by atoms with Crippen LogP contribution in [0.3, 0.4) is 0 Å². The van der Waals surface area contributed by atoms with Gasteiger partial charge in [0.25, 0.3) is 0 Å². The van der Waals surface area contributed by atoms with Gasteiger partial charge >= 0.3 is 14.2 Å². The maximum atomic E-state index is 9.68. The topological polar surface area (TPSA) is 152 Å². The average molecular weight is 1180 g/mol. The lowest BCUT2D eigenvalue weighted by Crippen LogP contribution is -2.37. The van der Waals surface area contributed by atoms with Gasteiger partial charge in [-0.05, 0) is 204 Å². The van der Waals surface area contributed by atoms with Crippen molar-refractivity contribution in [1.29, 1.82) is 15.8 Å². The maximum absolute atomic E-state index is 9.68. The van der Waals surface area contributed by atoms with Gasteiger partial charge in [0.1, 0.15) is 0 Å². The van der Waals surface area contributed by atoms with Gasteiger partial charge in [-0.15, -0.1) is 0 Å². The van der Waals surface area contributed by atoms with E-state index in [1.54, 1.807) is 48.5 Å². The Hall–Kier alpha value is -9.40. The van der Waals surface area contributed by atoms with Crippen molar-refractivity contribution < 1.29 is 20.1 Å². The minimum Gasteiger partial charge on any atom is -0.423 e. The fourth-order valence-corrected chi connectivity index (χ4v) is 14.6. The molecule has 15 rings (SSSR count). The molecule has 0 bridgehead atoms. The van der Waals surface area contributed by atoms with Crippen LogP contribution in [0, 0.1) is 34.0 Å². The van der Waals surface area contributed by atoms with Crippen molar-refractivity contribution in [1.82, 2.24) is 0 Å². The summed E-state index contributed by atoms with van der Waals surface area (Å²) >= 11 is 3.54. The van der Waals surface area contributed by atoms with E-state index in [-0.39, 0.29) is 16.2 Å². The van der Waals surface area contributed by atoms with E-state index >= 15 is 0 Å². The molecule has 4 N–H and O–H groups in total. The van der Waals surface area contributed by atoms with Crippen LogP contribution in [0.2, 0.25) is 0 Å². The molecule has 0 aliphatic heterocycles. The minimum absolute atomic E-state index is 0.0404. The van der Waals surface area contributed by atoms with Gasteiger partial charge in [0.05, 0.1) is 34.9 Å². The monoisotopic (exact) mass is 1180 g/mol. The Balaban J connectivity index is 0.000000147. The third kappa shape index (κ3) is 8.77. The zero-order chi connectivity index (χ0) is 60.1. The summed E-state index contributed by atoms with van der Waals surface area (Å²) in [6.07, 6.45) is 0. The molecule has 412 valence electrons. The summed E-state index contributed by atoms with van der Waals surface area (Å²) in [5.74, 6) is 0. The number of halogens is 1. The summed E-state index contributed by atoms with van der Waals surface area (Å²) in [4.78, 5) is 0. The van der Waals surface area contributed by atoms with Crippen molar-refractivity contribution in [2.24, 2.45) is 0 Å². The van der Waals surface area contributed by atoms with Crippen LogP contribution in [-0.2, 0) is 16.2 Å². The summed E-state index contributed by atoms with van der Waals surface area (Å²) < 4.78 is 1.10. The number of nitriles is 3. The largest absolute Gasteiger partial charge is 0.489 e. The summed E-state index contributed by atoms with van der Waals surface area (Å²) in [6.45, 7) is 13.5. The first kappa shape index (κ1) is 55.8. The molecule has 0 saturated heterocycles. The van der Waals surface area contributed by atoms with Crippen LogP contribution in [-0.4, -0.2) is 34.3 Å². The van der Waals surface area contributed by atoms with E-state index in [4.69, 9.17) is 5.26 Å². The van der Waals surface area contributed by atoms with Crippen LogP contribution in [0.1, 0.15) is 91.6 Å². The first-order valence-corrected chi connectivity index (χ1v) is 29.5. The lowest BCUT2D eigenvalue weighted by Gasteiger charge is -2.24. The van der Waals surface area contributed by atoms with Crippen LogP contribution < -0.4 is 10.9 Å². The fourth-order valence-electron chi connectivity index (χ4n) is 14.2. The normalized spacial score (nSPS) is 13.8. The Kier molecular flexibility index (Phi) is 13.6. The second-order valence-electron chi connectivity index (χ2n) is 24.2. The molecule has 0 unspecified atom stereocenters. The Bertz CT molecular complexity index is 4640. The van der Waals surface area contributed by atoms with E-state index in [0.717, 1.165) is 10.0 Å². The van der Waals surface area contributed by atoms with Gasteiger partial charge in [-0.2, -0.15) is 15.8 Å². The highest BCUT2D eigenvalue weighted by molar-refractivity contribution is 9.10. The van der Waals surface area contributed by atoms with Crippen LogP contribution >= 0.6 is 15.9 Å². The summed E-state index contributed by atoms with van der Waals surface area (Å²) in [7, 11) is -3.26. The zero-order valence-corrected chi connectivity index (χ0v) is 49.9. The van der Waals surface area contributed by atoms with Crippen molar-refractivity contribution in [2.45, 2.75) is 57.8 Å². The zero-order valence-electron chi connectivity index (χ0n) is 48.3. The Morgan fingerprint density at radius 2 is 0.558 bits per heavy atom. The maximum Gasteiger partial charge on any atom is 0.489 e. The first-order valence-electron chi connectivity index (χ1n) is 28.7. The average Bonchev–Trinajstić information content (AvgIpc) is 1.93. The molecule has 0 spiro atoms. The molecular formula is C76H56B2BrN3O4. The molecule has 3 aliphatic carbocycles. The van der Waals surface area contributed by atoms with Crippen LogP contribution in [0.5, 0.6) is 0 Å². The molecule has 10 heteroatoms. The summed E-state index contributed by atoms with van der Waals surface area (Å²) in [5.41, 5.74) is 22.3. The van der Waals surface area contributed by atoms with E-state index in [1.165, 1.54) is 111 Å². The molecule has 12 aromatic rings. The van der Waals surface area contributed by atoms with Gasteiger partial charge in [0.2, 0.25) is 0 Å². The molecule has 0 saturated carbocycles. The second kappa shape index (κ2) is 21.0. The number of fused-ring (bicyclic) bond motifs is 13. The predicted octanol–water partition coefficient (Wildman–Crippen LogP) is 15.7. The minimum atomic E-state index is -1.63. The van der Waals surface area contributed by atoms with Gasteiger partial charge < -0.3 is 20.1 Å². The van der Waals surface area contributed by atoms with Gasteiger partial charge in [0, 0.05) is 20.7 Å². The van der Waals surface area contributed by atoms with Gasteiger partial charge in [-0.25, -0.2) is 0 Å². The second-order valence-corrected chi connectivity index (χ2v) is 25.1. The first-order chi connectivity index (χ1) is 41.4. The fraction of sp³-hybridized carbons (Fsp3) is 0.118. The number of hydrogen-bond donors (Lipinski definition) is 4. The van der Waals surface area contributed by atoms with E-state index in [0.29, 0.717) is 43.6 Å². The lowest BCUT2D eigenvalue weighted by molar-refractivity contribution is 0.425. The molecule has 0 aromatic heterocycles. The van der Waals surface area contributed by atoms with Crippen molar-refractivity contribution in [3.63, 3.8) is 0 Å². The number of rotatable bonds is 4. The van der Waals surface area contributed by atoms with Crippen LogP contribution in [0.4, 0.5) is 0 Å². The molecule has 0 heterocycles. The molecule has 0 atom stereocenters. The third-order valence-corrected chi connectivity index (χ3v) is 18.9. The summed E-state index contributed by atoms with van der Waals surface area (Å²) in [6, 6.07) is 77.1. The van der Waals surface area contributed by atoms with Crippen molar-refractivity contribution >= 4 is 84.2 Å². The predicted molar refractivity (Wildman–Crippen MR) is 354 cm³/mol. The standard InChI is InChI=1S/C46H32N2.C16H12BrN.C14H12B2O4/c1-45(2)39-21-27(25-47)13-17-31(39)33-19-15-29(23-41(33)45)43-35-9-5-7-11-37(35)44(38-12-8-6-10-36(38)43)30-16-20-34-32-18-14-28(26-48)22-40(32)46(3,4)42(34)24-30;1-16(2)14-7-10(9-18)3-5-12(14)13-6-4-11(17)8-15(13)16;17-15(18)13-9-5-1-2-6-10(9)14(16(19)20)12-8-4-3-7-11(12)13/h5-24H,1-4H3;3-8H,1-2H3;1-8,17-20H. The van der Waals surface area contributed by atoms with Crippen molar-refractivity contribution in [3.05, 3.63) is 261 Å².